The van der Waals surface area contributed by atoms with Crippen molar-refractivity contribution in [3.05, 3.63) is 538 Å². The molecule has 11 heteroatoms. The molecule has 1 aliphatic rings. The zero-order valence-corrected chi connectivity index (χ0v) is 78.1. The molecule has 674 valence electrons. The molecule has 1 atom stereocenters. The molecule has 0 fully saturated rings. The van der Waals surface area contributed by atoms with E-state index in [4.69, 9.17) is 29.9 Å². The summed E-state index contributed by atoms with van der Waals surface area (Å²) in [5, 5.41) is 12.3. The van der Waals surface area contributed by atoms with Crippen LogP contribution in [0.2, 0.25) is 0 Å². The first-order valence-corrected chi connectivity index (χ1v) is 48.9. The molecule has 0 aliphatic heterocycles. The Hall–Kier alpha value is -19.4. The van der Waals surface area contributed by atoms with Gasteiger partial charge >= 0.3 is 0 Å². The van der Waals surface area contributed by atoms with Gasteiger partial charge in [0, 0.05) is 122 Å². The van der Waals surface area contributed by atoms with E-state index in [-0.39, 0.29) is 5.92 Å². The van der Waals surface area contributed by atoms with Crippen LogP contribution >= 0.6 is 0 Å². The zero-order chi connectivity index (χ0) is 95.1. The Labute approximate surface area is 830 Å². The summed E-state index contributed by atoms with van der Waals surface area (Å²) in [5.74, 6) is 3.07. The lowest BCUT2D eigenvalue weighted by Crippen LogP contribution is -2.05. The van der Waals surface area contributed by atoms with Gasteiger partial charge in [-0.05, 0) is 136 Å². The second kappa shape index (κ2) is 35.6. The molecule has 1 aliphatic carbocycles. The molecule has 0 saturated carbocycles. The quantitative estimate of drug-likeness (QED) is 0.107. The van der Waals surface area contributed by atoms with E-state index in [1.165, 1.54) is 104 Å². The maximum absolute atomic E-state index is 5.38. The lowest BCUT2D eigenvalue weighted by Gasteiger charge is -2.16. The highest BCUT2D eigenvalue weighted by molar-refractivity contribution is 6.29. The molecule has 29 rings (SSSR count). The number of aromatic nitrogens is 11. The summed E-state index contributed by atoms with van der Waals surface area (Å²) in [6.07, 6.45) is 0. The molecule has 0 N–H and O–H groups in total. The third-order valence-electron chi connectivity index (χ3n) is 28.4. The summed E-state index contributed by atoms with van der Waals surface area (Å²) in [6, 6.07) is 184. The second-order valence-electron chi connectivity index (χ2n) is 36.7. The van der Waals surface area contributed by atoms with Gasteiger partial charge in [0.1, 0.15) is 5.82 Å². The molecule has 1 unspecified atom stereocenters. The molecule has 0 spiro atoms. The summed E-state index contributed by atoms with van der Waals surface area (Å²) in [6.45, 7) is 0. The molecule has 28 aromatic rings. The minimum atomic E-state index is 0.149. The standard InChI is InChI=1S/2C46H30N4.C41H27N3/c1-4-14-31(15-5-1)38-30-39(48-46(47-38)33-16-6-2-7-17-33)32-24-26-35(27-25-32)50-41-23-13-11-21-37(41)45-43(50)29-28-42-44(45)36-20-10-12-22-40(36)49(42)34-18-8-3-9-19-34;1-4-14-31(15-5-1)32-24-26-34(27-25-32)41-30-40(33-16-6-2-7-17-33)47-46(48-41)50-43-23-13-11-21-37(43)39-29-28-38-36-20-10-12-22-42(36)49(44(38)45(39)50)35-18-8-3-9-19-35;1-4-14-27(15-5-1)34-26-37(43-41(42-34)29-18-8-3-9-19-29)44-35-23-13-12-22-33(35)39-36(44)25-24-32-30-20-10-11-21-31(30)38(40(32)39)28-16-6-2-7-17-28/h2*1-30H;1-26,38H. The van der Waals surface area contributed by atoms with Crippen molar-refractivity contribution in [3.8, 4) is 130 Å². The average molecular weight is 1840 g/mol. The smallest absolute Gasteiger partial charge is 0.235 e. The van der Waals surface area contributed by atoms with Gasteiger partial charge in [-0.1, -0.05) is 419 Å². The van der Waals surface area contributed by atoms with Crippen molar-refractivity contribution in [3.63, 3.8) is 0 Å². The Morgan fingerprint density at radius 2 is 0.486 bits per heavy atom. The average Bonchev–Trinajstić information content (AvgIpc) is 1.55. The third kappa shape index (κ3) is 14.5. The van der Waals surface area contributed by atoms with E-state index in [1.807, 2.05) is 72.8 Å². The second-order valence-corrected chi connectivity index (χ2v) is 36.7. The first-order chi connectivity index (χ1) is 71.5. The van der Waals surface area contributed by atoms with Gasteiger partial charge in [0.25, 0.3) is 0 Å². The van der Waals surface area contributed by atoms with Crippen molar-refractivity contribution in [1.82, 2.24) is 52.7 Å². The Bertz CT molecular complexity index is 9660. The number of fused-ring (bicyclic) bond motifs is 21. The van der Waals surface area contributed by atoms with Crippen LogP contribution in [0.4, 0.5) is 0 Å². The molecular formula is C133H87N11. The Morgan fingerprint density at radius 1 is 0.174 bits per heavy atom. The van der Waals surface area contributed by atoms with Crippen LogP contribution < -0.4 is 0 Å². The number of hydrogen-bond acceptors (Lipinski definition) is 6. The van der Waals surface area contributed by atoms with Crippen LogP contribution in [-0.4, -0.2) is 52.7 Å². The fourth-order valence-electron chi connectivity index (χ4n) is 22.0. The molecule has 0 bridgehead atoms. The van der Waals surface area contributed by atoms with Crippen molar-refractivity contribution in [2.75, 3.05) is 0 Å². The van der Waals surface area contributed by atoms with Crippen LogP contribution in [0.15, 0.2) is 522 Å². The fraction of sp³-hybridized carbons (Fsp3) is 0.00752. The first kappa shape index (κ1) is 84.0. The molecule has 11 nitrogen and oxygen atoms in total. The highest BCUT2D eigenvalue weighted by atomic mass is 15.2. The maximum atomic E-state index is 5.38. The van der Waals surface area contributed by atoms with Crippen molar-refractivity contribution in [2.24, 2.45) is 0 Å². The predicted molar refractivity (Wildman–Crippen MR) is 594 cm³/mol. The zero-order valence-electron chi connectivity index (χ0n) is 78.1. The fourth-order valence-corrected chi connectivity index (χ4v) is 22.0. The van der Waals surface area contributed by atoms with E-state index in [9.17, 15) is 0 Å². The number of benzene rings is 20. The van der Waals surface area contributed by atoms with Crippen LogP contribution in [0.3, 0.4) is 0 Å². The van der Waals surface area contributed by atoms with Crippen LogP contribution in [0.25, 0.3) is 239 Å². The van der Waals surface area contributed by atoms with Gasteiger partial charge < -0.3 is 13.7 Å². The van der Waals surface area contributed by atoms with Crippen LogP contribution in [-0.2, 0) is 0 Å². The molecule has 20 aromatic carbocycles. The molecule has 8 aromatic heterocycles. The van der Waals surface area contributed by atoms with Gasteiger partial charge in [-0.15, -0.1) is 0 Å². The number of nitrogens with zero attached hydrogens (tertiary/aromatic N) is 11. The van der Waals surface area contributed by atoms with Crippen molar-refractivity contribution in [2.45, 2.75) is 5.92 Å². The molecular weight excluding hydrogens is 1750 g/mol. The molecule has 0 radical (unpaired) electrons. The van der Waals surface area contributed by atoms with Gasteiger partial charge in [-0.3, -0.25) is 9.13 Å². The van der Waals surface area contributed by atoms with Crippen LogP contribution in [0, 0.1) is 0 Å². The molecule has 8 heterocycles. The van der Waals surface area contributed by atoms with E-state index in [0.717, 1.165) is 134 Å². The lowest BCUT2D eigenvalue weighted by atomic mass is 9.87. The Balaban J connectivity index is 0.000000108. The molecule has 144 heavy (non-hydrogen) atoms. The summed E-state index contributed by atoms with van der Waals surface area (Å²) in [4.78, 5) is 31.1. The molecule has 0 saturated heterocycles. The van der Waals surface area contributed by atoms with Crippen LogP contribution in [0.1, 0.15) is 22.6 Å². The normalized spacial score (nSPS) is 12.2. The Kier molecular flexibility index (Phi) is 20.7. The van der Waals surface area contributed by atoms with Gasteiger partial charge in [-0.2, -0.15) is 0 Å². The van der Waals surface area contributed by atoms with E-state index in [0.29, 0.717) is 17.6 Å². The summed E-state index contributed by atoms with van der Waals surface area (Å²) < 4.78 is 11.8. The summed E-state index contributed by atoms with van der Waals surface area (Å²) in [7, 11) is 0. The van der Waals surface area contributed by atoms with Crippen LogP contribution in [0.5, 0.6) is 0 Å². The van der Waals surface area contributed by atoms with Crippen molar-refractivity contribution < 1.29 is 0 Å². The van der Waals surface area contributed by atoms with E-state index in [1.54, 1.807) is 0 Å². The SMILES string of the molecule is c1ccc(-c2cc(-c3ccc(-n4c5ccccc5c5c6c7ccccc7n(-c7ccccc7)c6ccc54)cc3)nc(-c3ccccc3)n2)cc1.c1ccc(-c2cc(-n3c4ccccc4c4c5c(ccc43)-c3ccccc3C5c3ccccc3)nc(-c3ccccc3)n2)cc1.c1ccc(-c2ccc(-c3cc(-c4ccccc4)nc(-n4c5ccccc5c5ccc6c7ccccc7n(-c7ccccc7)c6c54)n3)cc2)cc1. The van der Waals surface area contributed by atoms with Gasteiger partial charge in [0.15, 0.2) is 11.6 Å². The molecule has 0 amide bonds. The third-order valence-corrected chi connectivity index (χ3v) is 28.4. The van der Waals surface area contributed by atoms with Crippen molar-refractivity contribution >= 4 is 109 Å². The van der Waals surface area contributed by atoms with Gasteiger partial charge in [0.2, 0.25) is 5.95 Å². The van der Waals surface area contributed by atoms with E-state index < -0.39 is 0 Å². The first-order valence-electron chi connectivity index (χ1n) is 48.9. The highest BCUT2D eigenvalue weighted by Crippen LogP contribution is 2.54. The summed E-state index contributed by atoms with van der Waals surface area (Å²) >= 11 is 0. The number of para-hydroxylation sites is 7. The predicted octanol–water partition coefficient (Wildman–Crippen LogP) is 33.4. The number of rotatable bonds is 14. The minimum absolute atomic E-state index is 0.149. The van der Waals surface area contributed by atoms with Gasteiger partial charge in [-0.25, -0.2) is 29.9 Å². The highest BCUT2D eigenvalue weighted by Gasteiger charge is 2.35. The van der Waals surface area contributed by atoms with Crippen molar-refractivity contribution in [1.29, 1.82) is 0 Å². The Morgan fingerprint density at radius 3 is 0.972 bits per heavy atom. The minimum Gasteiger partial charge on any atom is -0.309 e. The van der Waals surface area contributed by atoms with Gasteiger partial charge in [0.05, 0.1) is 83.6 Å². The number of hydrogen-bond donors (Lipinski definition) is 0. The largest absolute Gasteiger partial charge is 0.309 e. The topological polar surface area (TPSA) is 102 Å². The summed E-state index contributed by atoms with van der Waals surface area (Å²) in [5.41, 5.74) is 35.6. The monoisotopic (exact) mass is 1840 g/mol. The van der Waals surface area contributed by atoms with E-state index in [2.05, 4.69) is 472 Å². The lowest BCUT2D eigenvalue weighted by molar-refractivity contribution is 0.995. The van der Waals surface area contributed by atoms with E-state index >= 15 is 0 Å². The maximum Gasteiger partial charge on any atom is 0.235 e.